The number of hydrogen-bond acceptors (Lipinski definition) is 3. The van der Waals surface area contributed by atoms with Crippen LogP contribution in [0.15, 0.2) is 42.7 Å². The van der Waals surface area contributed by atoms with E-state index in [2.05, 4.69) is 4.98 Å². The van der Waals surface area contributed by atoms with Crippen LogP contribution in [0.2, 0.25) is 0 Å². The number of pyridine rings is 1. The molecular weight excluding hydrogens is 207 g/mol. The minimum Gasteiger partial charge on any atom is -0.396 e. The lowest BCUT2D eigenvalue weighted by Gasteiger charge is -2.02. The van der Waals surface area contributed by atoms with E-state index in [-0.39, 0.29) is 11.5 Å². The number of hydrogen-bond donors (Lipinski definition) is 1. The fourth-order valence-corrected chi connectivity index (χ4v) is 1.35. The van der Waals surface area contributed by atoms with Gasteiger partial charge in [-0.1, -0.05) is 0 Å². The van der Waals surface area contributed by atoms with Crippen molar-refractivity contribution in [2.75, 3.05) is 5.73 Å². The van der Waals surface area contributed by atoms with Gasteiger partial charge in [-0.05, 0) is 30.3 Å². The molecule has 1 heterocycles. The van der Waals surface area contributed by atoms with Crippen molar-refractivity contribution in [1.82, 2.24) is 4.98 Å². The average Bonchev–Trinajstić information content (AvgIpc) is 2.33. The van der Waals surface area contributed by atoms with Crippen LogP contribution < -0.4 is 5.73 Å². The molecule has 2 rings (SSSR count). The van der Waals surface area contributed by atoms with Gasteiger partial charge in [-0.3, -0.25) is 9.78 Å². The summed E-state index contributed by atoms with van der Waals surface area (Å²) in [7, 11) is 0. The van der Waals surface area contributed by atoms with Gasteiger partial charge in [-0.25, -0.2) is 4.39 Å². The maximum absolute atomic E-state index is 12.9. The number of rotatable bonds is 2. The predicted molar refractivity (Wildman–Crippen MR) is 58.5 cm³/mol. The number of nitrogen functional groups attached to an aromatic ring is 1. The summed E-state index contributed by atoms with van der Waals surface area (Å²) in [5, 5.41) is 0. The minimum atomic E-state index is -0.522. The lowest BCUT2D eigenvalue weighted by Crippen LogP contribution is -2.03. The molecule has 80 valence electrons. The average molecular weight is 216 g/mol. The van der Waals surface area contributed by atoms with Crippen molar-refractivity contribution < 1.29 is 9.18 Å². The van der Waals surface area contributed by atoms with Gasteiger partial charge in [-0.15, -0.1) is 0 Å². The number of benzene rings is 1. The summed E-state index contributed by atoms with van der Waals surface area (Å²) in [4.78, 5) is 15.7. The largest absolute Gasteiger partial charge is 0.396 e. The maximum atomic E-state index is 12.9. The fraction of sp³-hybridized carbons (Fsp3) is 0. The molecule has 0 atom stereocenters. The zero-order valence-electron chi connectivity index (χ0n) is 8.35. The Hall–Kier alpha value is -2.23. The zero-order chi connectivity index (χ0) is 11.5. The van der Waals surface area contributed by atoms with E-state index in [4.69, 9.17) is 5.73 Å². The van der Waals surface area contributed by atoms with Gasteiger partial charge < -0.3 is 5.73 Å². The number of nitrogens with two attached hydrogens (primary N) is 1. The molecule has 0 radical (unpaired) electrons. The number of anilines is 1. The van der Waals surface area contributed by atoms with E-state index >= 15 is 0 Å². The minimum absolute atomic E-state index is 0.0279. The number of aromatic nitrogens is 1. The van der Waals surface area contributed by atoms with Crippen LogP contribution in [-0.2, 0) is 0 Å². The summed E-state index contributed by atoms with van der Waals surface area (Å²) in [5.41, 5.74) is 6.24. The van der Waals surface area contributed by atoms with Crippen LogP contribution in [0.5, 0.6) is 0 Å². The van der Waals surface area contributed by atoms with Crippen LogP contribution in [0.3, 0.4) is 0 Å². The summed E-state index contributed by atoms with van der Waals surface area (Å²) in [5.74, 6) is -0.722. The molecule has 0 aliphatic heterocycles. The summed E-state index contributed by atoms with van der Waals surface area (Å²) in [6, 6.07) is 7.13. The Labute approximate surface area is 91.7 Å². The highest BCUT2D eigenvalue weighted by molar-refractivity contribution is 6.09. The smallest absolute Gasteiger partial charge is 0.193 e. The molecule has 0 bridgehead atoms. The summed E-state index contributed by atoms with van der Waals surface area (Å²) >= 11 is 0. The summed E-state index contributed by atoms with van der Waals surface area (Å²) < 4.78 is 12.9. The van der Waals surface area contributed by atoms with Crippen molar-refractivity contribution in [3.05, 3.63) is 59.7 Å². The van der Waals surface area contributed by atoms with E-state index in [0.29, 0.717) is 11.1 Å². The highest BCUT2D eigenvalue weighted by Crippen LogP contribution is 2.15. The molecule has 0 unspecified atom stereocenters. The Morgan fingerprint density at radius 1 is 1.12 bits per heavy atom. The van der Waals surface area contributed by atoms with Crippen molar-refractivity contribution in [2.45, 2.75) is 0 Å². The molecule has 0 aliphatic carbocycles. The van der Waals surface area contributed by atoms with E-state index in [9.17, 15) is 9.18 Å². The van der Waals surface area contributed by atoms with Crippen LogP contribution in [0.4, 0.5) is 10.1 Å². The van der Waals surface area contributed by atoms with Crippen LogP contribution in [0, 0.1) is 5.82 Å². The Kier molecular flexibility index (Phi) is 2.64. The number of carbonyl (C=O) groups excluding carboxylic acids is 1. The second-order valence-corrected chi connectivity index (χ2v) is 3.30. The van der Waals surface area contributed by atoms with Crippen molar-refractivity contribution in [1.29, 1.82) is 0 Å². The maximum Gasteiger partial charge on any atom is 0.193 e. The number of nitrogens with zero attached hydrogens (tertiary/aromatic N) is 1. The molecule has 3 nitrogen and oxygen atoms in total. The first-order valence-electron chi connectivity index (χ1n) is 4.68. The van der Waals surface area contributed by atoms with Gasteiger partial charge in [0.15, 0.2) is 5.78 Å². The lowest BCUT2D eigenvalue weighted by atomic mass is 10.0. The van der Waals surface area contributed by atoms with Gasteiger partial charge >= 0.3 is 0 Å². The van der Waals surface area contributed by atoms with Crippen molar-refractivity contribution in [3.63, 3.8) is 0 Å². The standard InChI is InChI=1S/C12H9FN2O/c13-10-2-1-9(7-11(10)14)12(16)8-3-5-15-6-4-8/h1-7H,14H2. The third kappa shape index (κ3) is 1.91. The monoisotopic (exact) mass is 216 g/mol. The first-order valence-corrected chi connectivity index (χ1v) is 4.68. The SMILES string of the molecule is Nc1cc(C(=O)c2ccncc2)ccc1F. The molecule has 0 fully saturated rings. The van der Waals surface area contributed by atoms with Crippen LogP contribution in [-0.4, -0.2) is 10.8 Å². The molecule has 1 aromatic carbocycles. The molecule has 1 aromatic heterocycles. The third-order valence-electron chi connectivity index (χ3n) is 2.20. The van der Waals surface area contributed by atoms with E-state index in [1.165, 1.54) is 30.6 Å². The van der Waals surface area contributed by atoms with Gasteiger partial charge in [0.2, 0.25) is 0 Å². The summed E-state index contributed by atoms with van der Waals surface area (Å²) in [6.45, 7) is 0. The highest BCUT2D eigenvalue weighted by atomic mass is 19.1. The van der Waals surface area contributed by atoms with Gasteiger partial charge in [0.1, 0.15) is 5.82 Å². The number of halogens is 1. The number of carbonyl (C=O) groups is 1. The van der Waals surface area contributed by atoms with Gasteiger partial charge in [-0.2, -0.15) is 0 Å². The van der Waals surface area contributed by atoms with Crippen molar-refractivity contribution >= 4 is 11.5 Å². The molecule has 0 saturated heterocycles. The third-order valence-corrected chi connectivity index (χ3v) is 2.20. The topological polar surface area (TPSA) is 56.0 Å². The van der Waals surface area contributed by atoms with Crippen LogP contribution in [0.1, 0.15) is 15.9 Å². The molecule has 2 N–H and O–H groups in total. The Balaban J connectivity index is 2.39. The van der Waals surface area contributed by atoms with Gasteiger partial charge in [0, 0.05) is 23.5 Å². The molecule has 0 spiro atoms. The predicted octanol–water partition coefficient (Wildman–Crippen LogP) is 2.03. The summed E-state index contributed by atoms with van der Waals surface area (Å²) in [6.07, 6.45) is 3.06. The lowest BCUT2D eigenvalue weighted by molar-refractivity contribution is 0.103. The van der Waals surface area contributed by atoms with Gasteiger partial charge in [0.25, 0.3) is 0 Å². The van der Waals surface area contributed by atoms with Crippen molar-refractivity contribution in [2.24, 2.45) is 0 Å². The molecular formula is C12H9FN2O. The Morgan fingerprint density at radius 2 is 1.81 bits per heavy atom. The second kappa shape index (κ2) is 4.10. The Bertz CT molecular complexity index is 526. The number of ketones is 1. The first-order chi connectivity index (χ1) is 7.68. The van der Waals surface area contributed by atoms with E-state index in [0.717, 1.165) is 0 Å². The zero-order valence-corrected chi connectivity index (χ0v) is 8.35. The molecule has 16 heavy (non-hydrogen) atoms. The van der Waals surface area contributed by atoms with E-state index < -0.39 is 5.82 Å². The van der Waals surface area contributed by atoms with Crippen LogP contribution in [0.25, 0.3) is 0 Å². The molecule has 0 amide bonds. The fourth-order valence-electron chi connectivity index (χ4n) is 1.35. The normalized spacial score (nSPS) is 10.1. The highest BCUT2D eigenvalue weighted by Gasteiger charge is 2.10. The molecule has 0 saturated carbocycles. The molecule has 4 heteroatoms. The molecule has 2 aromatic rings. The first kappa shape index (κ1) is 10.3. The van der Waals surface area contributed by atoms with Crippen LogP contribution >= 0.6 is 0 Å². The van der Waals surface area contributed by atoms with Gasteiger partial charge in [0.05, 0.1) is 5.69 Å². The van der Waals surface area contributed by atoms with E-state index in [1.54, 1.807) is 12.1 Å². The second-order valence-electron chi connectivity index (χ2n) is 3.30. The van der Waals surface area contributed by atoms with E-state index in [1.807, 2.05) is 0 Å². The quantitative estimate of drug-likeness (QED) is 0.617. The molecule has 0 aliphatic rings. The Morgan fingerprint density at radius 3 is 2.44 bits per heavy atom. The van der Waals surface area contributed by atoms with Crippen molar-refractivity contribution in [3.8, 4) is 0 Å².